The van der Waals surface area contributed by atoms with Crippen LogP contribution in [0.3, 0.4) is 0 Å². The largest absolute Gasteiger partial charge is 0.481 e. The third kappa shape index (κ3) is 4.93. The smallest absolute Gasteiger partial charge is 0.306 e. The zero-order chi connectivity index (χ0) is 23.7. The number of aromatic nitrogens is 3. The molecule has 2 amide bonds. The topological polar surface area (TPSA) is 137 Å². The molecule has 9 heteroatoms. The molecule has 0 aromatic carbocycles. The highest BCUT2D eigenvalue weighted by Crippen LogP contribution is 2.39. The van der Waals surface area contributed by atoms with Gasteiger partial charge in [-0.15, -0.1) is 0 Å². The number of amides is 2. The van der Waals surface area contributed by atoms with Crippen LogP contribution in [0.4, 0.5) is 0 Å². The molecule has 0 saturated heterocycles. The number of H-pyrrole nitrogens is 1. The minimum atomic E-state index is -0.760. The van der Waals surface area contributed by atoms with Gasteiger partial charge in [0.05, 0.1) is 23.4 Å². The Bertz CT molecular complexity index is 1060. The van der Waals surface area contributed by atoms with Gasteiger partial charge in [-0.3, -0.25) is 14.4 Å². The zero-order valence-corrected chi connectivity index (χ0v) is 19.4. The van der Waals surface area contributed by atoms with Crippen LogP contribution in [0.15, 0.2) is 12.4 Å². The molecule has 9 nitrogen and oxygen atoms in total. The maximum absolute atomic E-state index is 13.4. The Kier molecular flexibility index (Phi) is 6.52. The van der Waals surface area contributed by atoms with Crippen molar-refractivity contribution in [1.29, 1.82) is 0 Å². The first-order valence-electron chi connectivity index (χ1n) is 12.7. The van der Waals surface area contributed by atoms with E-state index in [1.54, 1.807) is 12.4 Å². The fourth-order valence-corrected chi connectivity index (χ4v) is 5.51. The summed E-state index contributed by atoms with van der Waals surface area (Å²) in [6, 6.07) is -0.666. The number of carbonyl (C=O) groups is 3. The van der Waals surface area contributed by atoms with Crippen LogP contribution < -0.4 is 10.6 Å². The van der Waals surface area contributed by atoms with Crippen molar-refractivity contribution in [3.05, 3.63) is 23.7 Å². The molecule has 182 valence electrons. The molecule has 1 atom stereocenters. The van der Waals surface area contributed by atoms with Gasteiger partial charge >= 0.3 is 5.97 Å². The first kappa shape index (κ1) is 22.8. The molecular formula is C25H33N5O4. The fraction of sp³-hybridized carbons (Fsp3) is 0.640. The summed E-state index contributed by atoms with van der Waals surface area (Å²) >= 11 is 0. The summed E-state index contributed by atoms with van der Waals surface area (Å²) in [5.41, 5.74) is 2.46. The van der Waals surface area contributed by atoms with Gasteiger partial charge in [-0.1, -0.05) is 19.3 Å². The predicted octanol–water partition coefficient (Wildman–Crippen LogP) is 3.27. The minimum absolute atomic E-state index is 0.0499. The number of rotatable bonds is 7. The normalized spacial score (nSPS) is 24.5. The van der Waals surface area contributed by atoms with E-state index < -0.39 is 12.0 Å². The summed E-state index contributed by atoms with van der Waals surface area (Å²) < 4.78 is 0. The number of aliphatic carboxylic acids is 1. The van der Waals surface area contributed by atoms with Gasteiger partial charge in [-0.25, -0.2) is 9.97 Å². The van der Waals surface area contributed by atoms with E-state index >= 15 is 0 Å². The number of nitrogens with one attached hydrogen (secondary N) is 3. The molecular weight excluding hydrogens is 434 g/mol. The molecule has 2 aromatic heterocycles. The van der Waals surface area contributed by atoms with Gasteiger partial charge in [0.15, 0.2) is 5.65 Å². The summed E-state index contributed by atoms with van der Waals surface area (Å²) in [5, 5.41) is 15.4. The average Bonchev–Trinajstić information content (AvgIpc) is 3.62. The molecule has 0 bridgehead atoms. The molecule has 0 spiro atoms. The van der Waals surface area contributed by atoms with Crippen molar-refractivity contribution in [3.8, 4) is 0 Å². The number of nitrogens with zero attached hydrogens (tertiary/aromatic N) is 2. The highest BCUT2D eigenvalue weighted by atomic mass is 16.4. The standard InChI is InChI=1S/C25H33N5O4/c31-23(18-12-26-22-21(18)29-19(13-27-22)14-6-7-14)30-20(15-4-2-1-3-5-15)24(32)28-17-10-8-16(9-11-17)25(33)34/h12-17,20H,1-11H2,(H,26,27)(H,28,32)(H,30,31)(H,33,34)/t16-,17-,20?. The van der Waals surface area contributed by atoms with Crippen molar-refractivity contribution in [2.75, 3.05) is 0 Å². The van der Waals surface area contributed by atoms with Crippen LogP contribution in [0, 0.1) is 11.8 Å². The lowest BCUT2D eigenvalue weighted by Crippen LogP contribution is -2.54. The first-order valence-corrected chi connectivity index (χ1v) is 12.7. The summed E-state index contributed by atoms with van der Waals surface area (Å²) in [5.74, 6) is -1.04. The van der Waals surface area contributed by atoms with Crippen LogP contribution in [-0.2, 0) is 9.59 Å². The predicted molar refractivity (Wildman–Crippen MR) is 125 cm³/mol. The van der Waals surface area contributed by atoms with E-state index in [1.807, 2.05) is 0 Å². The van der Waals surface area contributed by atoms with Crippen LogP contribution in [0.5, 0.6) is 0 Å². The van der Waals surface area contributed by atoms with Crippen molar-refractivity contribution in [2.24, 2.45) is 11.8 Å². The van der Waals surface area contributed by atoms with Crippen molar-refractivity contribution < 1.29 is 19.5 Å². The van der Waals surface area contributed by atoms with Crippen molar-refractivity contribution >= 4 is 28.9 Å². The molecule has 2 heterocycles. The Labute approximate surface area is 198 Å². The van der Waals surface area contributed by atoms with Crippen LogP contribution in [0.25, 0.3) is 11.2 Å². The Morgan fingerprint density at radius 1 is 1.00 bits per heavy atom. The van der Waals surface area contributed by atoms with Gasteiger partial charge in [-0.05, 0) is 57.3 Å². The molecule has 5 rings (SSSR count). The van der Waals surface area contributed by atoms with Crippen LogP contribution in [0.2, 0.25) is 0 Å². The maximum atomic E-state index is 13.4. The van der Waals surface area contributed by atoms with E-state index in [0.29, 0.717) is 48.3 Å². The number of carboxylic acids is 1. The second kappa shape index (κ2) is 9.72. The monoisotopic (exact) mass is 467 g/mol. The van der Waals surface area contributed by atoms with Gasteiger partial charge in [0.1, 0.15) is 11.6 Å². The quantitative estimate of drug-likeness (QED) is 0.493. The van der Waals surface area contributed by atoms with Gasteiger partial charge in [0.2, 0.25) is 5.91 Å². The second-order valence-electron chi connectivity index (χ2n) is 10.2. The summed E-state index contributed by atoms with van der Waals surface area (Å²) in [7, 11) is 0. The van der Waals surface area contributed by atoms with E-state index in [9.17, 15) is 19.5 Å². The van der Waals surface area contributed by atoms with E-state index in [2.05, 4.69) is 20.6 Å². The Morgan fingerprint density at radius 3 is 2.41 bits per heavy atom. The van der Waals surface area contributed by atoms with E-state index in [0.717, 1.165) is 50.6 Å². The Balaban J connectivity index is 1.30. The molecule has 34 heavy (non-hydrogen) atoms. The van der Waals surface area contributed by atoms with Gasteiger partial charge in [0, 0.05) is 18.2 Å². The number of hydrogen-bond donors (Lipinski definition) is 4. The van der Waals surface area contributed by atoms with Crippen LogP contribution in [0.1, 0.15) is 92.6 Å². The first-order chi connectivity index (χ1) is 16.5. The van der Waals surface area contributed by atoms with Crippen molar-refractivity contribution in [3.63, 3.8) is 0 Å². The van der Waals surface area contributed by atoms with Crippen LogP contribution >= 0.6 is 0 Å². The van der Waals surface area contributed by atoms with Gasteiger partial charge in [-0.2, -0.15) is 0 Å². The number of carbonyl (C=O) groups excluding carboxylic acids is 2. The molecule has 0 radical (unpaired) electrons. The number of fused-ring (bicyclic) bond motifs is 1. The number of hydrogen-bond acceptors (Lipinski definition) is 5. The summed E-state index contributed by atoms with van der Waals surface area (Å²) in [6.45, 7) is 0. The molecule has 1 unspecified atom stereocenters. The third-order valence-electron chi connectivity index (χ3n) is 7.75. The lowest BCUT2D eigenvalue weighted by molar-refractivity contribution is -0.142. The average molecular weight is 468 g/mol. The summed E-state index contributed by atoms with van der Waals surface area (Å²) in [4.78, 5) is 50.1. The fourth-order valence-electron chi connectivity index (χ4n) is 5.51. The van der Waals surface area contributed by atoms with Gasteiger partial charge < -0.3 is 20.7 Å². The zero-order valence-electron chi connectivity index (χ0n) is 19.4. The number of aromatic amines is 1. The van der Waals surface area contributed by atoms with E-state index in [4.69, 9.17) is 4.98 Å². The SMILES string of the molecule is O=C(NC(C(=O)N[C@H]1CC[C@H](C(=O)O)CC1)C1CCCCC1)c1c[nH]c2ncc(C3CC3)nc12. The molecule has 2 aromatic rings. The van der Waals surface area contributed by atoms with Crippen molar-refractivity contribution in [1.82, 2.24) is 25.6 Å². The molecule has 3 saturated carbocycles. The minimum Gasteiger partial charge on any atom is -0.481 e. The highest BCUT2D eigenvalue weighted by molar-refractivity contribution is 6.06. The lowest BCUT2D eigenvalue weighted by atomic mass is 9.82. The molecule has 3 fully saturated rings. The number of carboxylic acid groups (broad SMARTS) is 1. The lowest BCUT2D eigenvalue weighted by Gasteiger charge is -2.33. The Morgan fingerprint density at radius 2 is 1.74 bits per heavy atom. The van der Waals surface area contributed by atoms with Gasteiger partial charge in [0.25, 0.3) is 5.91 Å². The van der Waals surface area contributed by atoms with E-state index in [-0.39, 0.29) is 29.7 Å². The molecule has 4 N–H and O–H groups in total. The molecule has 0 aliphatic heterocycles. The van der Waals surface area contributed by atoms with E-state index in [1.165, 1.54) is 0 Å². The molecule has 3 aliphatic carbocycles. The summed E-state index contributed by atoms with van der Waals surface area (Å²) in [6.07, 6.45) is 13.1. The van der Waals surface area contributed by atoms with Crippen LogP contribution in [-0.4, -0.2) is 49.9 Å². The molecule has 3 aliphatic rings. The Hall–Kier alpha value is -2.97. The second-order valence-corrected chi connectivity index (χ2v) is 10.2. The highest BCUT2D eigenvalue weighted by Gasteiger charge is 2.34. The van der Waals surface area contributed by atoms with Crippen molar-refractivity contribution in [2.45, 2.75) is 88.6 Å². The maximum Gasteiger partial charge on any atom is 0.306 e. The third-order valence-corrected chi connectivity index (χ3v) is 7.75.